The Bertz CT molecular complexity index is 996. The van der Waals surface area contributed by atoms with E-state index in [1.807, 2.05) is 13.8 Å². The number of thioether (sulfide) groups is 1. The summed E-state index contributed by atoms with van der Waals surface area (Å²) in [6.45, 7) is 3.85. The molecular weight excluding hydrogens is 356 g/mol. The molecule has 0 aliphatic heterocycles. The molecule has 10 heteroatoms. The normalized spacial score (nSPS) is 11.0. The van der Waals surface area contributed by atoms with Crippen LogP contribution < -0.4 is 11.3 Å². The number of aromatic amines is 1. The van der Waals surface area contributed by atoms with Gasteiger partial charge in [-0.05, 0) is 12.1 Å². The molecule has 0 spiro atoms. The predicted octanol–water partition coefficient (Wildman–Crippen LogP) is 1.32. The molecule has 2 aromatic heterocycles. The summed E-state index contributed by atoms with van der Waals surface area (Å²) in [5.74, 6) is -1.70. The summed E-state index contributed by atoms with van der Waals surface area (Å²) in [6.07, 6.45) is 1.58. The van der Waals surface area contributed by atoms with Gasteiger partial charge in [-0.25, -0.2) is 0 Å². The highest BCUT2D eigenvalue weighted by atomic mass is 32.2. The van der Waals surface area contributed by atoms with Crippen LogP contribution in [0.1, 0.15) is 24.2 Å². The number of nitrogens with zero attached hydrogens (tertiary/aromatic N) is 4. The van der Waals surface area contributed by atoms with Gasteiger partial charge in [0.05, 0.1) is 11.9 Å². The van der Waals surface area contributed by atoms with Gasteiger partial charge in [0, 0.05) is 10.8 Å². The third-order valence-electron chi connectivity index (χ3n) is 3.46. The zero-order valence-electron chi connectivity index (χ0n) is 14.0. The van der Waals surface area contributed by atoms with Gasteiger partial charge in [-0.3, -0.25) is 14.2 Å². The van der Waals surface area contributed by atoms with E-state index >= 15 is 0 Å². The number of hydrogen-bond acceptors (Lipinski definition) is 7. The Balaban J connectivity index is 2.17. The number of carbonyl (C=O) groups excluding carboxylic acids is 1. The first-order chi connectivity index (χ1) is 12.4. The zero-order valence-corrected chi connectivity index (χ0v) is 14.8. The second-order valence-corrected chi connectivity index (χ2v) is 7.21. The maximum atomic E-state index is 12.8. The standard InChI is InChI=1S/C16H16N6O3S/c1-8(2)26-16-19-14(24)12(13(17)23)15(25)22(16)10-5-3-9(4-6-10)11-7-18-21-20-11/h3-8,24H,1-2H3,(H2,17,23)(H,18,20,21). The van der Waals surface area contributed by atoms with Crippen LogP contribution in [0.3, 0.4) is 0 Å². The lowest BCUT2D eigenvalue weighted by molar-refractivity contribution is 0.0994. The average Bonchev–Trinajstić information content (AvgIpc) is 3.08. The number of aromatic hydroxyl groups is 1. The Morgan fingerprint density at radius 1 is 1.31 bits per heavy atom. The summed E-state index contributed by atoms with van der Waals surface area (Å²) in [4.78, 5) is 28.3. The summed E-state index contributed by atoms with van der Waals surface area (Å²) in [5.41, 5.74) is 5.90. The second-order valence-electron chi connectivity index (χ2n) is 5.67. The molecule has 2 heterocycles. The molecule has 0 unspecified atom stereocenters. The quantitative estimate of drug-likeness (QED) is 0.453. The zero-order chi connectivity index (χ0) is 18.8. The highest BCUT2D eigenvalue weighted by Gasteiger charge is 2.22. The molecule has 1 amide bonds. The molecule has 26 heavy (non-hydrogen) atoms. The fraction of sp³-hybridized carbons (Fsp3) is 0.188. The Kier molecular flexibility index (Phi) is 4.76. The van der Waals surface area contributed by atoms with Gasteiger partial charge in [0.1, 0.15) is 5.69 Å². The van der Waals surface area contributed by atoms with E-state index in [1.165, 1.54) is 16.3 Å². The van der Waals surface area contributed by atoms with Gasteiger partial charge >= 0.3 is 0 Å². The molecule has 134 valence electrons. The SMILES string of the molecule is CC(C)Sc1nc(O)c(C(N)=O)c(=O)n1-c1ccc(-c2cn[nH]n2)cc1. The van der Waals surface area contributed by atoms with Gasteiger partial charge in [0.25, 0.3) is 11.5 Å². The van der Waals surface area contributed by atoms with Gasteiger partial charge in [0.2, 0.25) is 5.88 Å². The number of nitrogens with one attached hydrogen (secondary N) is 1. The number of nitrogens with two attached hydrogens (primary N) is 1. The van der Waals surface area contributed by atoms with Crippen molar-refractivity contribution in [1.82, 2.24) is 25.0 Å². The number of amides is 1. The highest BCUT2D eigenvalue weighted by Crippen LogP contribution is 2.26. The Hall–Kier alpha value is -3.14. The van der Waals surface area contributed by atoms with E-state index in [2.05, 4.69) is 20.4 Å². The molecule has 0 atom stereocenters. The molecule has 4 N–H and O–H groups in total. The fourth-order valence-corrected chi connectivity index (χ4v) is 3.20. The Morgan fingerprint density at radius 3 is 2.54 bits per heavy atom. The smallest absolute Gasteiger partial charge is 0.275 e. The molecule has 0 fully saturated rings. The summed E-state index contributed by atoms with van der Waals surface area (Å²) >= 11 is 1.28. The summed E-state index contributed by atoms with van der Waals surface area (Å²) in [5, 5.41) is 20.6. The van der Waals surface area contributed by atoms with Crippen molar-refractivity contribution in [2.75, 3.05) is 0 Å². The van der Waals surface area contributed by atoms with Crippen molar-refractivity contribution in [2.24, 2.45) is 5.73 Å². The molecule has 0 saturated carbocycles. The van der Waals surface area contributed by atoms with Crippen LogP contribution in [0.25, 0.3) is 16.9 Å². The van der Waals surface area contributed by atoms with E-state index in [0.717, 1.165) is 5.56 Å². The van der Waals surface area contributed by atoms with Crippen molar-refractivity contribution in [3.05, 3.63) is 46.4 Å². The summed E-state index contributed by atoms with van der Waals surface area (Å²) < 4.78 is 1.26. The van der Waals surface area contributed by atoms with E-state index in [0.29, 0.717) is 11.4 Å². The lowest BCUT2D eigenvalue weighted by Crippen LogP contribution is -2.31. The molecule has 0 saturated heterocycles. The largest absolute Gasteiger partial charge is 0.493 e. The minimum Gasteiger partial charge on any atom is -0.493 e. The first-order valence-corrected chi connectivity index (χ1v) is 8.55. The molecule has 3 rings (SSSR count). The lowest BCUT2D eigenvalue weighted by Gasteiger charge is -2.15. The van der Waals surface area contributed by atoms with Gasteiger partial charge in [0.15, 0.2) is 10.7 Å². The Labute approximate surface area is 152 Å². The molecule has 9 nitrogen and oxygen atoms in total. The number of aromatic nitrogens is 5. The second kappa shape index (κ2) is 7.00. The molecule has 3 aromatic rings. The minimum atomic E-state index is -1.03. The number of hydrogen-bond donors (Lipinski definition) is 3. The highest BCUT2D eigenvalue weighted by molar-refractivity contribution is 7.99. The van der Waals surface area contributed by atoms with Gasteiger partial charge in [-0.1, -0.05) is 37.7 Å². The molecular formula is C16H16N6O3S. The van der Waals surface area contributed by atoms with Crippen molar-refractivity contribution in [3.63, 3.8) is 0 Å². The molecule has 0 aliphatic carbocycles. The van der Waals surface area contributed by atoms with Crippen molar-refractivity contribution in [1.29, 1.82) is 0 Å². The van der Waals surface area contributed by atoms with Gasteiger partial charge < -0.3 is 10.8 Å². The lowest BCUT2D eigenvalue weighted by atomic mass is 10.1. The van der Waals surface area contributed by atoms with Crippen LogP contribution in [0.2, 0.25) is 0 Å². The predicted molar refractivity (Wildman–Crippen MR) is 96.4 cm³/mol. The molecule has 0 radical (unpaired) electrons. The van der Waals surface area contributed by atoms with Crippen LogP contribution in [0.5, 0.6) is 5.88 Å². The van der Waals surface area contributed by atoms with Crippen molar-refractivity contribution >= 4 is 17.7 Å². The van der Waals surface area contributed by atoms with Crippen molar-refractivity contribution in [2.45, 2.75) is 24.3 Å². The number of benzene rings is 1. The van der Waals surface area contributed by atoms with E-state index < -0.39 is 22.9 Å². The number of primary amides is 1. The third kappa shape index (κ3) is 3.31. The maximum absolute atomic E-state index is 12.8. The molecule has 0 bridgehead atoms. The van der Waals surface area contributed by atoms with Crippen LogP contribution in [-0.2, 0) is 0 Å². The number of carbonyl (C=O) groups is 1. The van der Waals surface area contributed by atoms with Crippen LogP contribution >= 0.6 is 11.8 Å². The van der Waals surface area contributed by atoms with Crippen molar-refractivity contribution < 1.29 is 9.90 Å². The Morgan fingerprint density at radius 2 is 2.00 bits per heavy atom. The van der Waals surface area contributed by atoms with E-state index in [1.54, 1.807) is 30.5 Å². The van der Waals surface area contributed by atoms with Gasteiger partial charge in [-0.2, -0.15) is 20.4 Å². The average molecular weight is 372 g/mol. The van der Waals surface area contributed by atoms with E-state index in [-0.39, 0.29) is 10.4 Å². The number of rotatable bonds is 5. The maximum Gasteiger partial charge on any atom is 0.275 e. The van der Waals surface area contributed by atoms with E-state index in [4.69, 9.17) is 5.73 Å². The molecule has 1 aromatic carbocycles. The summed E-state index contributed by atoms with van der Waals surface area (Å²) in [6, 6.07) is 6.92. The fourth-order valence-electron chi connectivity index (χ4n) is 2.35. The van der Waals surface area contributed by atoms with Crippen LogP contribution in [0.15, 0.2) is 40.4 Å². The monoisotopic (exact) mass is 372 g/mol. The van der Waals surface area contributed by atoms with Crippen molar-refractivity contribution in [3.8, 4) is 22.8 Å². The van der Waals surface area contributed by atoms with Crippen LogP contribution in [-0.4, -0.2) is 41.2 Å². The third-order valence-corrected chi connectivity index (χ3v) is 4.41. The topological polar surface area (TPSA) is 140 Å². The minimum absolute atomic E-state index is 0.0985. The first-order valence-electron chi connectivity index (χ1n) is 7.67. The van der Waals surface area contributed by atoms with Crippen LogP contribution in [0, 0.1) is 0 Å². The van der Waals surface area contributed by atoms with Crippen LogP contribution in [0.4, 0.5) is 0 Å². The molecule has 0 aliphatic rings. The number of H-pyrrole nitrogens is 1. The first kappa shape index (κ1) is 17.7. The van der Waals surface area contributed by atoms with E-state index in [9.17, 15) is 14.7 Å². The summed E-state index contributed by atoms with van der Waals surface area (Å²) in [7, 11) is 0. The van der Waals surface area contributed by atoms with Gasteiger partial charge in [-0.15, -0.1) is 0 Å².